The van der Waals surface area contributed by atoms with Gasteiger partial charge in [-0.05, 0) is 55.7 Å². The van der Waals surface area contributed by atoms with Crippen molar-refractivity contribution < 1.29 is 14.7 Å². The first-order valence-corrected chi connectivity index (χ1v) is 7.31. The predicted molar refractivity (Wildman–Crippen MR) is 77.0 cm³/mol. The van der Waals surface area contributed by atoms with Crippen LogP contribution in [0.2, 0.25) is 0 Å². The van der Waals surface area contributed by atoms with Crippen LogP contribution in [0.3, 0.4) is 0 Å². The summed E-state index contributed by atoms with van der Waals surface area (Å²) in [6.45, 7) is 3.62. The van der Waals surface area contributed by atoms with E-state index >= 15 is 0 Å². The Morgan fingerprint density at radius 3 is 2.68 bits per heavy atom. The van der Waals surface area contributed by atoms with E-state index in [-0.39, 0.29) is 16.7 Å². The molecule has 1 fully saturated rings. The molecule has 19 heavy (non-hydrogen) atoms. The Balaban J connectivity index is 2.20. The van der Waals surface area contributed by atoms with Crippen LogP contribution in [-0.2, 0) is 4.79 Å². The fraction of sp³-hybridized carbons (Fsp3) is 0.429. The highest BCUT2D eigenvalue weighted by Gasteiger charge is 2.23. The highest BCUT2D eigenvalue weighted by atomic mass is 32.2. The highest BCUT2D eigenvalue weighted by Crippen LogP contribution is 2.28. The van der Waals surface area contributed by atoms with Crippen LogP contribution < -0.4 is 5.32 Å². The van der Waals surface area contributed by atoms with Crippen LogP contribution in [0.1, 0.15) is 34.3 Å². The van der Waals surface area contributed by atoms with Gasteiger partial charge in [-0.2, -0.15) is 0 Å². The third-order valence-electron chi connectivity index (χ3n) is 3.39. The Labute approximate surface area is 116 Å². The molecule has 0 aliphatic carbocycles. The number of aromatic carboxylic acids is 1. The average Bonchev–Trinajstić information content (AvgIpc) is 2.86. The molecule has 0 radical (unpaired) electrons. The maximum Gasteiger partial charge on any atom is 0.336 e. The van der Waals surface area contributed by atoms with E-state index in [2.05, 4.69) is 5.32 Å². The van der Waals surface area contributed by atoms with Crippen molar-refractivity contribution in [3.8, 4) is 0 Å². The Kier molecular flexibility index (Phi) is 4.14. The van der Waals surface area contributed by atoms with E-state index in [0.29, 0.717) is 5.69 Å². The molecule has 0 bridgehead atoms. The molecule has 1 amide bonds. The van der Waals surface area contributed by atoms with Crippen molar-refractivity contribution in [3.63, 3.8) is 0 Å². The van der Waals surface area contributed by atoms with Crippen LogP contribution in [0, 0.1) is 13.8 Å². The number of carboxylic acids is 1. The molecule has 1 aliphatic heterocycles. The maximum absolute atomic E-state index is 12.0. The number of rotatable bonds is 3. The molecule has 2 rings (SSSR count). The quantitative estimate of drug-likeness (QED) is 0.893. The van der Waals surface area contributed by atoms with E-state index in [9.17, 15) is 9.59 Å². The molecule has 1 aromatic carbocycles. The minimum atomic E-state index is -0.966. The fourth-order valence-electron chi connectivity index (χ4n) is 2.16. The van der Waals surface area contributed by atoms with E-state index in [1.165, 1.54) is 6.07 Å². The van der Waals surface area contributed by atoms with Gasteiger partial charge in [-0.15, -0.1) is 11.8 Å². The molecule has 0 aromatic heterocycles. The number of carbonyl (C=O) groups is 2. The predicted octanol–water partition coefficient (Wildman–Crippen LogP) is 2.84. The van der Waals surface area contributed by atoms with Crippen molar-refractivity contribution in [1.82, 2.24) is 0 Å². The van der Waals surface area contributed by atoms with Gasteiger partial charge in [0, 0.05) is 5.69 Å². The molecule has 102 valence electrons. The van der Waals surface area contributed by atoms with Crippen LogP contribution in [0.25, 0.3) is 0 Å². The zero-order chi connectivity index (χ0) is 14.0. The number of carbonyl (C=O) groups excluding carboxylic acids is 1. The lowest BCUT2D eigenvalue weighted by Gasteiger charge is -2.13. The molecule has 4 nitrogen and oxygen atoms in total. The second-order valence-corrected chi connectivity index (χ2v) is 6.07. The summed E-state index contributed by atoms with van der Waals surface area (Å²) in [5, 5.41) is 12.0. The van der Waals surface area contributed by atoms with Crippen molar-refractivity contribution in [2.45, 2.75) is 31.9 Å². The summed E-state index contributed by atoms with van der Waals surface area (Å²) >= 11 is 1.66. The number of hydrogen-bond donors (Lipinski definition) is 2. The molecule has 5 heteroatoms. The molecule has 1 aromatic rings. The van der Waals surface area contributed by atoms with E-state index in [1.807, 2.05) is 13.0 Å². The Hall–Kier alpha value is -1.49. The number of anilines is 1. The summed E-state index contributed by atoms with van der Waals surface area (Å²) in [6, 6.07) is 3.35. The zero-order valence-corrected chi connectivity index (χ0v) is 11.8. The summed E-state index contributed by atoms with van der Waals surface area (Å²) in [5.74, 6) is 0.0276. The molecule has 1 unspecified atom stereocenters. The Morgan fingerprint density at radius 2 is 2.11 bits per heavy atom. The molecule has 1 heterocycles. The first-order valence-electron chi connectivity index (χ1n) is 6.26. The molecule has 1 saturated heterocycles. The van der Waals surface area contributed by atoms with Gasteiger partial charge in [-0.3, -0.25) is 4.79 Å². The van der Waals surface area contributed by atoms with Gasteiger partial charge >= 0.3 is 5.97 Å². The monoisotopic (exact) mass is 279 g/mol. The summed E-state index contributed by atoms with van der Waals surface area (Å²) in [6.07, 6.45) is 1.96. The third kappa shape index (κ3) is 3.10. The highest BCUT2D eigenvalue weighted by molar-refractivity contribution is 8.00. The molecule has 0 spiro atoms. The van der Waals surface area contributed by atoms with E-state index in [1.54, 1.807) is 18.7 Å². The lowest BCUT2D eigenvalue weighted by atomic mass is 10.0. The van der Waals surface area contributed by atoms with Gasteiger partial charge in [-0.1, -0.05) is 0 Å². The van der Waals surface area contributed by atoms with Crippen LogP contribution >= 0.6 is 11.8 Å². The molecule has 0 saturated carbocycles. The SMILES string of the molecule is Cc1cc(NC(=O)C2CCCS2)cc(C(=O)O)c1C. The molecular formula is C14H17NO3S. The number of benzene rings is 1. The van der Waals surface area contributed by atoms with Gasteiger partial charge in [0.1, 0.15) is 0 Å². The van der Waals surface area contributed by atoms with E-state index in [0.717, 1.165) is 29.7 Å². The first kappa shape index (κ1) is 13.9. The topological polar surface area (TPSA) is 66.4 Å². The minimum absolute atomic E-state index is 0.00473. The van der Waals surface area contributed by atoms with E-state index < -0.39 is 5.97 Å². The van der Waals surface area contributed by atoms with Crippen LogP contribution in [0.4, 0.5) is 5.69 Å². The van der Waals surface area contributed by atoms with Gasteiger partial charge in [0.25, 0.3) is 0 Å². The van der Waals surface area contributed by atoms with Gasteiger partial charge in [0.15, 0.2) is 0 Å². The Bertz CT molecular complexity index is 522. The second kappa shape index (κ2) is 5.65. The van der Waals surface area contributed by atoms with Gasteiger partial charge in [-0.25, -0.2) is 4.79 Å². The van der Waals surface area contributed by atoms with Crippen molar-refractivity contribution in [2.75, 3.05) is 11.1 Å². The number of thioether (sulfide) groups is 1. The van der Waals surface area contributed by atoms with Gasteiger partial charge in [0.2, 0.25) is 5.91 Å². The third-order valence-corrected chi connectivity index (χ3v) is 4.76. The second-order valence-electron chi connectivity index (χ2n) is 4.76. The summed E-state index contributed by atoms with van der Waals surface area (Å²) in [5.41, 5.74) is 2.42. The number of carboxylic acid groups (broad SMARTS) is 1. The van der Waals surface area contributed by atoms with E-state index in [4.69, 9.17) is 5.11 Å². The standard InChI is InChI=1S/C14H17NO3S/c1-8-6-10(7-11(9(8)2)14(17)18)15-13(16)12-4-3-5-19-12/h6-7,12H,3-5H2,1-2H3,(H,15,16)(H,17,18). The summed E-state index contributed by atoms with van der Waals surface area (Å²) in [7, 11) is 0. The fourth-order valence-corrected chi connectivity index (χ4v) is 3.32. The van der Waals surface area contributed by atoms with Crippen LogP contribution in [-0.4, -0.2) is 28.0 Å². The molecular weight excluding hydrogens is 262 g/mol. The lowest BCUT2D eigenvalue weighted by Crippen LogP contribution is -2.23. The van der Waals surface area contributed by atoms with Crippen molar-refractivity contribution >= 4 is 29.3 Å². The smallest absolute Gasteiger partial charge is 0.336 e. The largest absolute Gasteiger partial charge is 0.478 e. The number of aryl methyl sites for hydroxylation is 1. The van der Waals surface area contributed by atoms with Gasteiger partial charge in [0.05, 0.1) is 10.8 Å². The van der Waals surface area contributed by atoms with Crippen molar-refractivity contribution in [3.05, 3.63) is 28.8 Å². The molecule has 1 atom stereocenters. The normalized spacial score (nSPS) is 18.3. The zero-order valence-electron chi connectivity index (χ0n) is 11.0. The van der Waals surface area contributed by atoms with Gasteiger partial charge < -0.3 is 10.4 Å². The van der Waals surface area contributed by atoms with Crippen molar-refractivity contribution in [2.24, 2.45) is 0 Å². The first-order chi connectivity index (χ1) is 8.99. The molecule has 1 aliphatic rings. The summed E-state index contributed by atoms with van der Waals surface area (Å²) in [4.78, 5) is 23.2. The molecule has 2 N–H and O–H groups in total. The number of nitrogens with one attached hydrogen (secondary N) is 1. The van der Waals surface area contributed by atoms with Crippen molar-refractivity contribution in [1.29, 1.82) is 0 Å². The summed E-state index contributed by atoms with van der Waals surface area (Å²) < 4.78 is 0. The number of amides is 1. The van der Waals surface area contributed by atoms with Crippen LogP contribution in [0.5, 0.6) is 0 Å². The lowest BCUT2D eigenvalue weighted by molar-refractivity contribution is -0.115. The number of hydrogen-bond acceptors (Lipinski definition) is 3. The van der Waals surface area contributed by atoms with Crippen LogP contribution in [0.15, 0.2) is 12.1 Å². The minimum Gasteiger partial charge on any atom is -0.478 e. The maximum atomic E-state index is 12.0. The average molecular weight is 279 g/mol. The Morgan fingerprint density at radius 1 is 1.37 bits per heavy atom.